The molecule has 8 nitrogen and oxygen atoms in total. The molecule has 0 aromatic heterocycles. The molecule has 2 atom stereocenters. The van der Waals surface area contributed by atoms with Crippen LogP contribution < -0.4 is 0 Å². The molecule has 0 aliphatic rings. The highest BCUT2D eigenvalue weighted by atomic mass is 31.2. The number of phosphoric ester groups is 1. The third kappa shape index (κ3) is 25.8. The van der Waals surface area contributed by atoms with Gasteiger partial charge < -0.3 is 17.5 Å². The van der Waals surface area contributed by atoms with Gasteiger partial charge in [0.25, 0.3) is 0 Å². The van der Waals surface area contributed by atoms with Crippen molar-refractivity contribution in [3.05, 3.63) is 0 Å². The highest BCUT2D eigenvalue weighted by Crippen LogP contribution is 2.55. The third-order valence-electron chi connectivity index (χ3n) is 5.19. The Balaban J connectivity index is 0. The van der Waals surface area contributed by atoms with Gasteiger partial charge in [-0.15, -0.1) is 0 Å². The van der Waals surface area contributed by atoms with E-state index in [2.05, 4.69) is 27.7 Å². The Morgan fingerprint density at radius 1 is 0.605 bits per heavy atom. The minimum Gasteiger partial charge on any atom is -0.331 e. The van der Waals surface area contributed by atoms with Gasteiger partial charge in [-0.3, -0.25) is 9.05 Å². The zero-order valence-corrected chi connectivity index (χ0v) is 31.7. The van der Waals surface area contributed by atoms with Gasteiger partial charge in [0.15, 0.2) is 25.0 Å². The maximum atomic E-state index is 12.7. The average Bonchev–Trinajstić information content (AvgIpc) is 2.70. The maximum absolute atomic E-state index is 12.7. The van der Waals surface area contributed by atoms with E-state index in [1.54, 1.807) is 0 Å². The van der Waals surface area contributed by atoms with Crippen molar-refractivity contribution >= 4 is 40.6 Å². The fraction of sp³-hybridized carbons (Fsp3) is 1.00. The molecule has 0 radical (unpaired) electrons. The van der Waals surface area contributed by atoms with Gasteiger partial charge >= 0.3 is 15.6 Å². The molecule has 0 saturated heterocycles. The number of phosphoric acid groups is 2. The van der Waals surface area contributed by atoms with Crippen LogP contribution in [0.3, 0.4) is 0 Å². The van der Waals surface area contributed by atoms with Crippen molar-refractivity contribution in [1.82, 2.24) is 0 Å². The van der Waals surface area contributed by atoms with Crippen molar-refractivity contribution in [1.29, 1.82) is 0 Å². The fourth-order valence-electron chi connectivity index (χ4n) is 3.29. The van der Waals surface area contributed by atoms with E-state index in [-0.39, 0.29) is 0 Å². The molecule has 38 heavy (non-hydrogen) atoms. The minimum atomic E-state index is -3.89. The predicted octanol–water partition coefficient (Wildman–Crippen LogP) is 10.2. The molecule has 232 valence electrons. The van der Waals surface area contributed by atoms with Crippen molar-refractivity contribution in [3.8, 4) is 0 Å². The minimum absolute atomic E-state index is 0.316. The number of unbranched alkanes of at least 4 members (excludes halogenated alkanes) is 2. The Bertz CT molecular complexity index is 635. The zero-order valence-electron chi connectivity index (χ0n) is 26.9. The summed E-state index contributed by atoms with van der Waals surface area (Å²) in [7, 11) is -13.2. The predicted molar refractivity (Wildman–Crippen MR) is 169 cm³/mol. The van der Waals surface area contributed by atoms with Crippen molar-refractivity contribution in [2.45, 2.75) is 138 Å². The lowest BCUT2D eigenvalue weighted by Crippen LogP contribution is -2.34. The Hall–Kier alpha value is 0.871. The molecular weight excluding hydrogens is 574 g/mol. The summed E-state index contributed by atoms with van der Waals surface area (Å²) in [6, 6.07) is 0. The molecule has 0 amide bonds. The number of hydrogen-bond acceptors (Lipinski definition) is 7. The van der Waals surface area contributed by atoms with E-state index in [0.29, 0.717) is 25.0 Å². The molecule has 0 aromatic rings. The molecule has 0 rings (SSSR count). The largest absolute Gasteiger partial charge is 0.472 e. The molecular formula is C25H62O8P2Si3. The summed E-state index contributed by atoms with van der Waals surface area (Å²) >= 11 is 0. The van der Waals surface area contributed by atoms with Gasteiger partial charge in [-0.25, -0.2) is 9.13 Å². The van der Waals surface area contributed by atoms with Gasteiger partial charge in [0.2, 0.25) is 0 Å². The summed E-state index contributed by atoms with van der Waals surface area (Å²) < 4.78 is 52.0. The van der Waals surface area contributed by atoms with Crippen molar-refractivity contribution in [2.75, 3.05) is 13.2 Å². The lowest BCUT2D eigenvalue weighted by atomic mass is 10.0. The molecule has 0 fully saturated rings. The van der Waals surface area contributed by atoms with Gasteiger partial charge in [0.1, 0.15) is 0 Å². The molecule has 0 heterocycles. The molecule has 0 aliphatic carbocycles. The van der Waals surface area contributed by atoms with E-state index in [4.69, 9.17) is 21.7 Å². The van der Waals surface area contributed by atoms with Gasteiger partial charge in [0, 0.05) is 0 Å². The van der Waals surface area contributed by atoms with Gasteiger partial charge in [0.05, 0.1) is 13.2 Å². The van der Waals surface area contributed by atoms with Crippen LogP contribution in [-0.2, 0) is 30.8 Å². The monoisotopic (exact) mass is 636 g/mol. The van der Waals surface area contributed by atoms with Crippen molar-refractivity contribution < 1.29 is 35.7 Å². The topological polar surface area (TPSA) is 101 Å². The summed E-state index contributed by atoms with van der Waals surface area (Å²) in [4.78, 5) is 9.77. The van der Waals surface area contributed by atoms with Crippen LogP contribution in [0.25, 0.3) is 0 Å². The SMILES string of the molecule is CCCCC(CC)COP(=O)(O)OCC(CC)CCCC.C[Si](C)(C)OP(=O)(O[Si](C)(C)C)O[Si](C)(C)C. The van der Waals surface area contributed by atoms with Crippen LogP contribution in [0.5, 0.6) is 0 Å². The average molecular weight is 637 g/mol. The molecule has 0 spiro atoms. The van der Waals surface area contributed by atoms with E-state index < -0.39 is 40.6 Å². The zero-order chi connectivity index (χ0) is 30.3. The van der Waals surface area contributed by atoms with E-state index in [0.717, 1.165) is 51.4 Å². The first kappa shape index (κ1) is 41.0. The van der Waals surface area contributed by atoms with E-state index in [1.807, 2.05) is 58.9 Å². The fourth-order valence-corrected chi connectivity index (χ4v) is 13.7. The molecule has 2 unspecified atom stereocenters. The van der Waals surface area contributed by atoms with Crippen molar-refractivity contribution in [2.24, 2.45) is 11.8 Å². The first-order valence-electron chi connectivity index (χ1n) is 14.4. The number of hydrogen-bond donors (Lipinski definition) is 1. The highest BCUT2D eigenvalue weighted by Gasteiger charge is 2.41. The van der Waals surface area contributed by atoms with Crippen LogP contribution in [0.4, 0.5) is 0 Å². The standard InChI is InChI=1S/C16H35O4P.C9H27O4PSi3/c1-5-9-11-15(7-3)13-19-21(17,18)20-14-16(8-4)12-10-6-2;1-15(2,3)11-14(10,12-16(4,5)6)13-17(7,8)9/h15-16H,5-14H2,1-4H3,(H,17,18);1-9H3. The van der Waals surface area contributed by atoms with E-state index in [9.17, 15) is 14.0 Å². The Morgan fingerprint density at radius 3 is 1.11 bits per heavy atom. The van der Waals surface area contributed by atoms with Crippen LogP contribution >= 0.6 is 15.6 Å². The van der Waals surface area contributed by atoms with Crippen LogP contribution in [0, 0.1) is 11.8 Å². The van der Waals surface area contributed by atoms with Gasteiger partial charge in [-0.1, -0.05) is 66.2 Å². The number of rotatable bonds is 20. The Kier molecular flexibility index (Phi) is 20.6. The van der Waals surface area contributed by atoms with E-state index >= 15 is 0 Å². The summed E-state index contributed by atoms with van der Waals surface area (Å²) in [5, 5.41) is 0. The normalized spacial score (nSPS) is 16.4. The molecule has 0 saturated carbocycles. The molecule has 0 aromatic carbocycles. The quantitative estimate of drug-likeness (QED) is 0.104. The van der Waals surface area contributed by atoms with Crippen LogP contribution in [-0.4, -0.2) is 43.1 Å². The molecule has 13 heteroatoms. The first-order chi connectivity index (χ1) is 17.1. The van der Waals surface area contributed by atoms with Crippen LogP contribution in [0.15, 0.2) is 0 Å². The Morgan fingerprint density at radius 2 is 0.895 bits per heavy atom. The summed E-state index contributed by atoms with van der Waals surface area (Å²) in [6.07, 6.45) is 8.56. The first-order valence-corrected chi connectivity index (χ1v) is 27.6. The summed E-state index contributed by atoms with van der Waals surface area (Å²) in [5.74, 6) is 0.687. The van der Waals surface area contributed by atoms with Gasteiger partial charge in [-0.05, 0) is 83.6 Å². The smallest absolute Gasteiger partial charge is 0.331 e. The second-order valence-electron chi connectivity index (χ2n) is 13.0. The van der Waals surface area contributed by atoms with Crippen LogP contribution in [0.1, 0.15) is 79.1 Å². The van der Waals surface area contributed by atoms with Gasteiger partial charge in [-0.2, -0.15) is 0 Å². The summed E-state index contributed by atoms with van der Waals surface area (Å²) in [6.45, 7) is 27.0. The maximum Gasteiger partial charge on any atom is 0.472 e. The molecule has 1 N–H and O–H groups in total. The summed E-state index contributed by atoms with van der Waals surface area (Å²) in [5.41, 5.74) is 0. The highest BCUT2D eigenvalue weighted by molar-refractivity contribution is 7.53. The second-order valence-corrected chi connectivity index (χ2v) is 30.2. The third-order valence-corrected chi connectivity index (χ3v) is 15.4. The lowest BCUT2D eigenvalue weighted by molar-refractivity contribution is 0.110. The van der Waals surface area contributed by atoms with Crippen molar-refractivity contribution in [3.63, 3.8) is 0 Å². The second kappa shape index (κ2) is 19.1. The molecule has 0 bridgehead atoms. The molecule has 0 aliphatic heterocycles. The lowest BCUT2D eigenvalue weighted by Gasteiger charge is -2.33. The Labute approximate surface area is 238 Å². The van der Waals surface area contributed by atoms with E-state index in [1.165, 1.54) is 0 Å². The van der Waals surface area contributed by atoms with Crippen LogP contribution in [0.2, 0.25) is 58.9 Å².